The van der Waals surface area contributed by atoms with E-state index in [0.717, 1.165) is 12.8 Å². The molecule has 0 unspecified atom stereocenters. The van der Waals surface area contributed by atoms with E-state index in [1.165, 1.54) is 24.8 Å². The van der Waals surface area contributed by atoms with E-state index < -0.39 is 5.97 Å². The fraction of sp³-hybridized carbons (Fsp3) is 0.667. The molecule has 4 nitrogen and oxygen atoms in total. The number of amides is 1. The van der Waals surface area contributed by atoms with Gasteiger partial charge in [-0.3, -0.25) is 9.59 Å². The van der Waals surface area contributed by atoms with E-state index in [1.54, 1.807) is 6.08 Å². The van der Waals surface area contributed by atoms with E-state index in [-0.39, 0.29) is 12.3 Å². The second kappa shape index (κ2) is 7.04. The third-order valence-electron chi connectivity index (χ3n) is 2.70. The van der Waals surface area contributed by atoms with Crippen molar-refractivity contribution in [1.29, 1.82) is 0 Å². The highest BCUT2D eigenvalue weighted by atomic mass is 16.4. The number of rotatable bonds is 5. The highest BCUT2D eigenvalue weighted by molar-refractivity contribution is 5.88. The molecule has 0 saturated heterocycles. The van der Waals surface area contributed by atoms with Crippen LogP contribution in [0, 0.1) is 0 Å². The largest absolute Gasteiger partial charge is 0.481 e. The zero-order valence-electron chi connectivity index (χ0n) is 9.50. The second-order valence-electron chi connectivity index (χ2n) is 4.15. The summed E-state index contributed by atoms with van der Waals surface area (Å²) in [7, 11) is 0. The Morgan fingerprint density at radius 1 is 1.25 bits per heavy atom. The number of nitrogens with one attached hydrogen (secondary N) is 1. The molecule has 1 saturated carbocycles. The molecule has 2 N–H and O–H groups in total. The Labute approximate surface area is 95.7 Å². The fourth-order valence-electron chi connectivity index (χ4n) is 1.84. The molecule has 4 heteroatoms. The van der Waals surface area contributed by atoms with Gasteiger partial charge in [-0.1, -0.05) is 12.0 Å². The van der Waals surface area contributed by atoms with Crippen LogP contribution in [0.1, 0.15) is 44.9 Å². The number of carbonyl (C=O) groups excluding carboxylic acids is 1. The monoisotopic (exact) mass is 225 g/mol. The molecule has 0 aliphatic heterocycles. The third-order valence-corrected chi connectivity index (χ3v) is 2.70. The summed E-state index contributed by atoms with van der Waals surface area (Å²) < 4.78 is 0. The quantitative estimate of drug-likeness (QED) is 0.554. The van der Waals surface area contributed by atoms with Gasteiger partial charge in [0, 0.05) is 19.0 Å². The van der Waals surface area contributed by atoms with Gasteiger partial charge in [0.05, 0.1) is 0 Å². The number of carbonyl (C=O) groups is 2. The average Bonchev–Trinajstić information content (AvgIpc) is 2.25. The fourth-order valence-corrected chi connectivity index (χ4v) is 1.84. The molecule has 0 bridgehead atoms. The van der Waals surface area contributed by atoms with Gasteiger partial charge in [0.2, 0.25) is 5.91 Å². The summed E-state index contributed by atoms with van der Waals surface area (Å²) in [5, 5.41) is 11.1. The van der Waals surface area contributed by atoms with Gasteiger partial charge in [0.25, 0.3) is 0 Å². The summed E-state index contributed by atoms with van der Waals surface area (Å²) in [6.45, 7) is 0.439. The van der Waals surface area contributed by atoms with Crippen molar-refractivity contribution in [3.63, 3.8) is 0 Å². The predicted molar refractivity (Wildman–Crippen MR) is 61.0 cm³/mol. The molecule has 0 radical (unpaired) electrons. The Morgan fingerprint density at radius 3 is 2.56 bits per heavy atom. The van der Waals surface area contributed by atoms with Gasteiger partial charge >= 0.3 is 5.97 Å². The van der Waals surface area contributed by atoms with Crippen molar-refractivity contribution < 1.29 is 14.7 Å². The highest BCUT2D eigenvalue weighted by Gasteiger charge is 2.07. The predicted octanol–water partition coefficient (Wildman–Crippen LogP) is 1.86. The number of allylic oxidation sites excluding steroid dienone is 1. The van der Waals surface area contributed by atoms with Crippen molar-refractivity contribution in [2.45, 2.75) is 44.9 Å². The van der Waals surface area contributed by atoms with Crippen molar-refractivity contribution in [2.24, 2.45) is 0 Å². The summed E-state index contributed by atoms with van der Waals surface area (Å²) in [6.07, 6.45) is 7.96. The second-order valence-corrected chi connectivity index (χ2v) is 4.15. The molecule has 1 aliphatic carbocycles. The van der Waals surface area contributed by atoms with Crippen LogP contribution in [0.25, 0.3) is 0 Å². The summed E-state index contributed by atoms with van der Waals surface area (Å²) >= 11 is 0. The first-order chi connectivity index (χ1) is 7.68. The van der Waals surface area contributed by atoms with Crippen molar-refractivity contribution in [1.82, 2.24) is 5.32 Å². The van der Waals surface area contributed by atoms with Gasteiger partial charge in [-0.05, 0) is 32.1 Å². The highest BCUT2D eigenvalue weighted by Crippen LogP contribution is 2.22. The topological polar surface area (TPSA) is 66.4 Å². The van der Waals surface area contributed by atoms with Crippen LogP contribution in [0.5, 0.6) is 0 Å². The van der Waals surface area contributed by atoms with E-state index in [0.29, 0.717) is 13.0 Å². The molecule has 90 valence electrons. The van der Waals surface area contributed by atoms with Gasteiger partial charge < -0.3 is 10.4 Å². The van der Waals surface area contributed by atoms with E-state index in [4.69, 9.17) is 5.11 Å². The minimum atomic E-state index is -0.820. The molecule has 0 spiro atoms. The Hall–Kier alpha value is -1.32. The van der Waals surface area contributed by atoms with Crippen LogP contribution < -0.4 is 5.32 Å². The van der Waals surface area contributed by atoms with Crippen LogP contribution >= 0.6 is 0 Å². The van der Waals surface area contributed by atoms with Gasteiger partial charge in [0.15, 0.2) is 0 Å². The molecular weight excluding hydrogens is 206 g/mol. The molecule has 0 aromatic carbocycles. The first-order valence-electron chi connectivity index (χ1n) is 5.87. The number of aliphatic carboxylic acids is 1. The molecule has 1 amide bonds. The SMILES string of the molecule is O=C(O)CCCNC(=O)C=C1CCCCC1. The standard InChI is InChI=1S/C12H19NO3/c14-11(13-8-4-7-12(15)16)9-10-5-2-1-3-6-10/h9H,1-8H2,(H,13,14)(H,15,16). The third kappa shape index (κ3) is 5.53. The minimum Gasteiger partial charge on any atom is -0.481 e. The van der Waals surface area contributed by atoms with Gasteiger partial charge in [0.1, 0.15) is 0 Å². The molecule has 0 aromatic heterocycles. The van der Waals surface area contributed by atoms with E-state index >= 15 is 0 Å². The summed E-state index contributed by atoms with van der Waals surface area (Å²) in [4.78, 5) is 21.7. The maximum Gasteiger partial charge on any atom is 0.303 e. The number of carboxylic acids is 1. The van der Waals surface area contributed by atoms with Gasteiger partial charge in [-0.15, -0.1) is 0 Å². The molecule has 16 heavy (non-hydrogen) atoms. The number of hydrogen-bond donors (Lipinski definition) is 2. The lowest BCUT2D eigenvalue weighted by atomic mass is 9.95. The smallest absolute Gasteiger partial charge is 0.303 e. The van der Waals surface area contributed by atoms with E-state index in [9.17, 15) is 9.59 Å². The maximum atomic E-state index is 11.4. The van der Waals surface area contributed by atoms with Gasteiger partial charge in [-0.2, -0.15) is 0 Å². The molecule has 1 rings (SSSR count). The van der Waals surface area contributed by atoms with Crippen LogP contribution in [-0.2, 0) is 9.59 Å². The first kappa shape index (κ1) is 12.7. The van der Waals surface area contributed by atoms with Crippen molar-refractivity contribution in [2.75, 3.05) is 6.54 Å². The van der Waals surface area contributed by atoms with Crippen molar-refractivity contribution in [3.8, 4) is 0 Å². The van der Waals surface area contributed by atoms with Crippen molar-refractivity contribution >= 4 is 11.9 Å². The summed E-state index contributed by atoms with van der Waals surface area (Å²) in [5.74, 6) is -0.901. The minimum absolute atomic E-state index is 0.0812. The lowest BCUT2D eigenvalue weighted by molar-refractivity contribution is -0.137. The normalized spacial score (nSPS) is 15.6. The Balaban J connectivity index is 2.16. The van der Waals surface area contributed by atoms with Crippen LogP contribution in [0.4, 0.5) is 0 Å². The summed E-state index contributed by atoms with van der Waals surface area (Å²) in [5.41, 5.74) is 1.22. The molecule has 1 aliphatic rings. The molecule has 0 aromatic rings. The molecule has 1 fully saturated rings. The van der Waals surface area contributed by atoms with Crippen LogP contribution in [0.3, 0.4) is 0 Å². The number of carboxylic acid groups (broad SMARTS) is 1. The molecular formula is C12H19NO3. The number of hydrogen-bond acceptors (Lipinski definition) is 2. The van der Waals surface area contributed by atoms with Crippen LogP contribution in [0.2, 0.25) is 0 Å². The lowest BCUT2D eigenvalue weighted by Gasteiger charge is -2.13. The maximum absolute atomic E-state index is 11.4. The first-order valence-corrected chi connectivity index (χ1v) is 5.87. The Bertz CT molecular complexity index is 276. The lowest BCUT2D eigenvalue weighted by Crippen LogP contribution is -2.23. The van der Waals surface area contributed by atoms with E-state index in [2.05, 4.69) is 5.32 Å². The zero-order chi connectivity index (χ0) is 11.8. The summed E-state index contributed by atoms with van der Waals surface area (Å²) in [6, 6.07) is 0. The zero-order valence-corrected chi connectivity index (χ0v) is 9.50. The average molecular weight is 225 g/mol. The van der Waals surface area contributed by atoms with Crippen LogP contribution in [-0.4, -0.2) is 23.5 Å². The van der Waals surface area contributed by atoms with Crippen LogP contribution in [0.15, 0.2) is 11.6 Å². The molecule has 0 heterocycles. The van der Waals surface area contributed by atoms with E-state index in [1.807, 2.05) is 0 Å². The van der Waals surface area contributed by atoms with Gasteiger partial charge in [-0.25, -0.2) is 0 Å². The molecule has 0 atom stereocenters. The Kier molecular flexibility index (Phi) is 5.61. The van der Waals surface area contributed by atoms with Crippen molar-refractivity contribution in [3.05, 3.63) is 11.6 Å². The Morgan fingerprint density at radius 2 is 1.94 bits per heavy atom.